The SMILES string of the molecule is FC(F)(F)c1cccc(SN2CCN=C2N2CCN(C3CCC3)CC2)c1. The minimum atomic E-state index is -4.31. The van der Waals surface area contributed by atoms with Gasteiger partial charge in [-0.15, -0.1) is 0 Å². The second-order valence-electron chi connectivity index (χ2n) is 7.01. The van der Waals surface area contributed by atoms with Crippen LogP contribution < -0.4 is 0 Å². The van der Waals surface area contributed by atoms with E-state index in [1.54, 1.807) is 6.07 Å². The van der Waals surface area contributed by atoms with Crippen LogP contribution in [-0.2, 0) is 6.18 Å². The van der Waals surface area contributed by atoms with Crippen molar-refractivity contribution in [1.29, 1.82) is 0 Å². The summed E-state index contributed by atoms with van der Waals surface area (Å²) in [6.07, 6.45) is -0.327. The number of guanidine groups is 1. The summed E-state index contributed by atoms with van der Waals surface area (Å²) in [5, 5.41) is 0. The van der Waals surface area contributed by atoms with Gasteiger partial charge in [-0.2, -0.15) is 13.2 Å². The maximum absolute atomic E-state index is 12.9. The maximum atomic E-state index is 12.9. The molecular formula is C18H23F3N4S. The topological polar surface area (TPSA) is 22.1 Å². The highest BCUT2D eigenvalue weighted by molar-refractivity contribution is 7.97. The Morgan fingerprint density at radius 2 is 1.81 bits per heavy atom. The molecule has 0 atom stereocenters. The largest absolute Gasteiger partial charge is 0.416 e. The Kier molecular flexibility index (Phi) is 5.05. The number of alkyl halides is 3. The zero-order valence-electron chi connectivity index (χ0n) is 14.6. The van der Waals surface area contributed by atoms with Gasteiger partial charge in [0.25, 0.3) is 0 Å². The first-order chi connectivity index (χ1) is 12.5. The lowest BCUT2D eigenvalue weighted by Crippen LogP contribution is -2.55. The Hall–Kier alpha value is -1.41. The van der Waals surface area contributed by atoms with Gasteiger partial charge in [-0.05, 0) is 43.0 Å². The van der Waals surface area contributed by atoms with Crippen LogP contribution in [0.15, 0.2) is 34.2 Å². The fourth-order valence-electron chi connectivity index (χ4n) is 3.66. The molecular weight excluding hydrogens is 361 g/mol. The average Bonchev–Trinajstić information content (AvgIpc) is 3.02. The van der Waals surface area contributed by atoms with Crippen LogP contribution in [0, 0.1) is 0 Å². The standard InChI is InChI=1S/C18H23F3N4S/c19-18(20,21)14-3-1-6-16(13-14)26-25-8-7-22-17(25)24-11-9-23(10-12-24)15-4-2-5-15/h1,3,6,13,15H,2,4-5,7-12H2. The van der Waals surface area contributed by atoms with E-state index in [9.17, 15) is 13.2 Å². The van der Waals surface area contributed by atoms with Crippen LogP contribution in [0.25, 0.3) is 0 Å². The van der Waals surface area contributed by atoms with E-state index < -0.39 is 11.7 Å². The molecule has 0 unspecified atom stereocenters. The van der Waals surface area contributed by atoms with Crippen molar-refractivity contribution in [1.82, 2.24) is 14.1 Å². The zero-order valence-corrected chi connectivity index (χ0v) is 15.4. The number of hydrogen-bond donors (Lipinski definition) is 0. The lowest BCUT2D eigenvalue weighted by Gasteiger charge is -2.44. The first kappa shape index (κ1) is 18.0. The first-order valence-electron chi connectivity index (χ1n) is 9.17. The number of hydrogen-bond acceptors (Lipinski definition) is 5. The fraction of sp³-hybridized carbons (Fsp3) is 0.611. The number of aliphatic imine (C=N–C) groups is 1. The average molecular weight is 384 g/mol. The predicted octanol–water partition coefficient (Wildman–Crippen LogP) is 3.55. The van der Waals surface area contributed by atoms with Crippen LogP contribution in [0.5, 0.6) is 0 Å². The van der Waals surface area contributed by atoms with Gasteiger partial charge in [0.05, 0.1) is 18.7 Å². The maximum Gasteiger partial charge on any atom is 0.416 e. The Labute approximate surface area is 156 Å². The van der Waals surface area contributed by atoms with Crippen molar-refractivity contribution in [2.45, 2.75) is 36.4 Å². The molecule has 3 aliphatic rings. The van der Waals surface area contributed by atoms with Crippen LogP contribution in [0.4, 0.5) is 13.2 Å². The summed E-state index contributed by atoms with van der Waals surface area (Å²) < 4.78 is 40.8. The lowest BCUT2D eigenvalue weighted by atomic mass is 9.91. The van der Waals surface area contributed by atoms with Gasteiger partial charge in [0.15, 0.2) is 0 Å². The van der Waals surface area contributed by atoms with E-state index in [0.717, 1.165) is 50.8 Å². The smallest absolute Gasteiger partial charge is 0.340 e. The summed E-state index contributed by atoms with van der Waals surface area (Å²) in [5.41, 5.74) is -0.603. The normalized spacial score (nSPS) is 22.5. The molecule has 1 saturated carbocycles. The van der Waals surface area contributed by atoms with Gasteiger partial charge in [0.2, 0.25) is 5.96 Å². The molecule has 26 heavy (non-hydrogen) atoms. The van der Waals surface area contributed by atoms with Crippen LogP contribution >= 0.6 is 11.9 Å². The van der Waals surface area contributed by atoms with Gasteiger partial charge in [-0.25, -0.2) is 0 Å². The molecule has 1 aromatic carbocycles. The molecule has 0 aromatic heterocycles. The third-order valence-electron chi connectivity index (χ3n) is 5.34. The number of benzene rings is 1. The molecule has 0 radical (unpaired) electrons. The third kappa shape index (κ3) is 3.81. The van der Waals surface area contributed by atoms with E-state index in [1.165, 1.54) is 43.3 Å². The quantitative estimate of drug-likeness (QED) is 0.743. The van der Waals surface area contributed by atoms with Crippen LogP contribution in [-0.4, -0.2) is 65.4 Å². The molecule has 142 valence electrons. The lowest BCUT2D eigenvalue weighted by molar-refractivity contribution is -0.137. The van der Waals surface area contributed by atoms with E-state index in [4.69, 9.17) is 0 Å². The number of halogens is 3. The van der Waals surface area contributed by atoms with Crippen LogP contribution in [0.1, 0.15) is 24.8 Å². The molecule has 1 aliphatic carbocycles. The second-order valence-corrected chi connectivity index (χ2v) is 8.10. The number of rotatable bonds is 3. The highest BCUT2D eigenvalue weighted by atomic mass is 32.2. The minimum Gasteiger partial charge on any atom is -0.340 e. The van der Waals surface area contributed by atoms with Gasteiger partial charge in [0, 0.05) is 37.1 Å². The molecule has 1 aromatic rings. The summed E-state index contributed by atoms with van der Waals surface area (Å²) in [7, 11) is 0. The Morgan fingerprint density at radius 1 is 1.04 bits per heavy atom. The molecule has 2 heterocycles. The van der Waals surface area contributed by atoms with E-state index in [-0.39, 0.29) is 0 Å². The van der Waals surface area contributed by atoms with Crippen LogP contribution in [0.2, 0.25) is 0 Å². The highest BCUT2D eigenvalue weighted by Crippen LogP contribution is 2.34. The molecule has 0 bridgehead atoms. The first-order valence-corrected chi connectivity index (χ1v) is 9.94. The van der Waals surface area contributed by atoms with Gasteiger partial charge in [-0.1, -0.05) is 12.5 Å². The molecule has 4 rings (SSSR count). The molecule has 2 aliphatic heterocycles. The third-order valence-corrected chi connectivity index (χ3v) is 6.38. The monoisotopic (exact) mass is 384 g/mol. The molecule has 0 spiro atoms. The summed E-state index contributed by atoms with van der Waals surface area (Å²) in [6.45, 7) is 5.41. The van der Waals surface area contributed by atoms with Crippen LogP contribution in [0.3, 0.4) is 0 Å². The Balaban J connectivity index is 1.38. The molecule has 0 N–H and O–H groups in total. The highest BCUT2D eigenvalue weighted by Gasteiger charge is 2.33. The van der Waals surface area contributed by atoms with E-state index in [1.807, 2.05) is 4.31 Å². The van der Waals surface area contributed by atoms with Crippen molar-refractivity contribution in [3.63, 3.8) is 0 Å². The number of piperazine rings is 1. The van der Waals surface area contributed by atoms with Crippen molar-refractivity contribution >= 4 is 17.9 Å². The summed E-state index contributed by atoms with van der Waals surface area (Å²) >= 11 is 1.35. The van der Waals surface area contributed by atoms with Crippen molar-refractivity contribution < 1.29 is 13.2 Å². The molecule has 1 saturated heterocycles. The van der Waals surface area contributed by atoms with E-state index in [2.05, 4.69) is 14.8 Å². The Morgan fingerprint density at radius 3 is 2.46 bits per heavy atom. The predicted molar refractivity (Wildman–Crippen MR) is 97.1 cm³/mol. The van der Waals surface area contributed by atoms with Gasteiger partial charge < -0.3 is 4.90 Å². The summed E-state index contributed by atoms with van der Waals surface area (Å²) in [5.74, 6) is 0.917. The second kappa shape index (κ2) is 7.31. The Bertz CT molecular complexity index is 667. The van der Waals surface area contributed by atoms with E-state index >= 15 is 0 Å². The van der Waals surface area contributed by atoms with Crippen molar-refractivity contribution in [3.05, 3.63) is 29.8 Å². The van der Waals surface area contributed by atoms with Crippen molar-refractivity contribution in [2.24, 2.45) is 4.99 Å². The summed E-state index contributed by atoms with van der Waals surface area (Å²) in [6, 6.07) is 6.29. The van der Waals surface area contributed by atoms with Crippen molar-refractivity contribution in [3.8, 4) is 0 Å². The minimum absolute atomic E-state index is 0.600. The number of nitrogens with zero attached hydrogens (tertiary/aromatic N) is 4. The van der Waals surface area contributed by atoms with E-state index in [0.29, 0.717) is 11.4 Å². The molecule has 0 amide bonds. The zero-order chi connectivity index (χ0) is 18.1. The molecule has 4 nitrogen and oxygen atoms in total. The van der Waals surface area contributed by atoms with Gasteiger partial charge in [0.1, 0.15) is 0 Å². The molecule has 8 heteroatoms. The van der Waals surface area contributed by atoms with Gasteiger partial charge in [-0.3, -0.25) is 14.2 Å². The van der Waals surface area contributed by atoms with Crippen molar-refractivity contribution in [2.75, 3.05) is 39.3 Å². The summed E-state index contributed by atoms with van der Waals surface area (Å²) in [4.78, 5) is 10.1. The fourth-order valence-corrected chi connectivity index (χ4v) is 4.66. The molecule has 2 fully saturated rings. The van der Waals surface area contributed by atoms with Gasteiger partial charge >= 0.3 is 6.18 Å².